The summed E-state index contributed by atoms with van der Waals surface area (Å²) in [6, 6.07) is 13.0. The van der Waals surface area contributed by atoms with Crippen LogP contribution in [0.4, 0.5) is 23.1 Å². The minimum absolute atomic E-state index is 0.240. The van der Waals surface area contributed by atoms with E-state index in [0.717, 1.165) is 55.6 Å². The Morgan fingerprint density at radius 1 is 0.949 bits per heavy atom. The summed E-state index contributed by atoms with van der Waals surface area (Å²) in [5.41, 5.74) is 4.40. The van der Waals surface area contributed by atoms with Crippen LogP contribution in [0.1, 0.15) is 30.4 Å². The molecule has 0 saturated carbocycles. The number of aromatic amines is 1. The molecule has 2 aromatic carbocycles. The third-order valence-corrected chi connectivity index (χ3v) is 9.42. The molecule has 0 atom stereocenters. The molecule has 0 radical (unpaired) electrons. The van der Waals surface area contributed by atoms with E-state index in [4.69, 9.17) is 9.72 Å². The van der Waals surface area contributed by atoms with Gasteiger partial charge in [-0.2, -0.15) is 14.3 Å². The monoisotopic (exact) mass is 547 g/mol. The van der Waals surface area contributed by atoms with Crippen molar-refractivity contribution in [1.29, 1.82) is 0 Å². The number of anilines is 4. The van der Waals surface area contributed by atoms with Crippen LogP contribution in [0.25, 0.3) is 11.0 Å². The Bertz CT molecular complexity index is 1610. The smallest absolute Gasteiger partial charge is 0.245 e. The van der Waals surface area contributed by atoms with E-state index in [2.05, 4.69) is 44.7 Å². The van der Waals surface area contributed by atoms with Gasteiger partial charge >= 0.3 is 0 Å². The lowest BCUT2D eigenvalue weighted by molar-refractivity contribution is 0.312. The van der Waals surface area contributed by atoms with Crippen molar-refractivity contribution in [3.05, 3.63) is 59.8 Å². The first-order valence-corrected chi connectivity index (χ1v) is 14.7. The number of H-pyrrole nitrogens is 1. The molecule has 1 fully saturated rings. The second-order valence-corrected chi connectivity index (χ2v) is 12.1. The molecule has 11 heteroatoms. The maximum Gasteiger partial charge on any atom is 0.245 e. The topological polar surface area (TPSA) is 115 Å². The number of fused-ring (bicyclic) bond motifs is 2. The number of para-hydroxylation sites is 1. The van der Waals surface area contributed by atoms with Gasteiger partial charge in [-0.25, -0.2) is 8.42 Å². The lowest BCUT2D eigenvalue weighted by atomic mass is 9.99. The van der Waals surface area contributed by atoms with Gasteiger partial charge in [-0.1, -0.05) is 18.6 Å². The molecule has 2 aliphatic rings. The Balaban J connectivity index is 1.36. The average Bonchev–Trinajstić information content (AvgIpc) is 3.42. The number of ether oxygens (including phenoxy) is 1. The van der Waals surface area contributed by atoms with Crippen molar-refractivity contribution in [3.63, 3.8) is 0 Å². The van der Waals surface area contributed by atoms with Crippen LogP contribution in [0.3, 0.4) is 0 Å². The normalized spacial score (nSPS) is 16.7. The molecule has 3 N–H and O–H groups in total. The number of hydrogen-bond acceptors (Lipinski definition) is 8. The van der Waals surface area contributed by atoms with Crippen LogP contribution in [-0.2, 0) is 23.0 Å². The Hall–Kier alpha value is -3.67. The summed E-state index contributed by atoms with van der Waals surface area (Å²) < 4.78 is 34.4. The number of rotatable bonds is 7. The highest BCUT2D eigenvalue weighted by Crippen LogP contribution is 2.35. The lowest BCUT2D eigenvalue weighted by Crippen LogP contribution is -2.35. The van der Waals surface area contributed by atoms with Crippen LogP contribution < -0.4 is 15.4 Å². The van der Waals surface area contributed by atoms with Gasteiger partial charge in [0.2, 0.25) is 16.0 Å². The van der Waals surface area contributed by atoms with E-state index in [0.29, 0.717) is 36.2 Å². The molecule has 6 rings (SSSR count). The van der Waals surface area contributed by atoms with Gasteiger partial charge in [-0.3, -0.25) is 0 Å². The highest BCUT2D eigenvalue weighted by atomic mass is 32.2. The maximum absolute atomic E-state index is 13.5. The molecule has 204 valence electrons. The van der Waals surface area contributed by atoms with Crippen LogP contribution >= 0.6 is 0 Å². The number of methoxy groups -OCH3 is 1. The SMILES string of the molecule is COc1cc2c(cc1Nc1nc(Nc3ccccc3S(=O)(=O)N3CCCCC3)c3cc[nH]c3n1)CN(C)CC2. The summed E-state index contributed by atoms with van der Waals surface area (Å²) in [5.74, 6) is 1.59. The molecule has 0 spiro atoms. The summed E-state index contributed by atoms with van der Waals surface area (Å²) in [5, 5.41) is 7.40. The third-order valence-electron chi connectivity index (χ3n) is 7.46. The molecule has 4 aromatic rings. The summed E-state index contributed by atoms with van der Waals surface area (Å²) in [6.07, 6.45) is 5.57. The lowest BCUT2D eigenvalue weighted by Gasteiger charge is -2.27. The van der Waals surface area contributed by atoms with E-state index in [1.165, 1.54) is 11.1 Å². The zero-order valence-corrected chi connectivity index (χ0v) is 23.0. The van der Waals surface area contributed by atoms with Gasteiger partial charge in [-0.15, -0.1) is 0 Å². The number of sulfonamides is 1. The molecule has 1 saturated heterocycles. The van der Waals surface area contributed by atoms with E-state index >= 15 is 0 Å². The summed E-state index contributed by atoms with van der Waals surface area (Å²) in [7, 11) is 0.121. The summed E-state index contributed by atoms with van der Waals surface area (Å²) in [4.78, 5) is 15.1. The van der Waals surface area contributed by atoms with Crippen molar-refractivity contribution in [2.45, 2.75) is 37.1 Å². The van der Waals surface area contributed by atoms with Crippen LogP contribution in [0.15, 0.2) is 53.6 Å². The fourth-order valence-corrected chi connectivity index (χ4v) is 7.04. The molecular weight excluding hydrogens is 514 g/mol. The molecule has 0 bridgehead atoms. The van der Waals surface area contributed by atoms with Gasteiger partial charge in [0.15, 0.2) is 0 Å². The van der Waals surface area contributed by atoms with Crippen molar-refractivity contribution >= 4 is 44.2 Å². The van der Waals surface area contributed by atoms with E-state index in [-0.39, 0.29) is 4.90 Å². The van der Waals surface area contributed by atoms with Crippen LogP contribution in [0.2, 0.25) is 0 Å². The molecule has 0 unspecified atom stereocenters. The van der Waals surface area contributed by atoms with E-state index in [1.54, 1.807) is 35.8 Å². The fourth-order valence-electron chi connectivity index (χ4n) is 5.37. The van der Waals surface area contributed by atoms with E-state index in [1.807, 2.05) is 12.1 Å². The minimum Gasteiger partial charge on any atom is -0.495 e. The number of nitrogens with zero attached hydrogens (tertiary/aromatic N) is 4. The summed E-state index contributed by atoms with van der Waals surface area (Å²) in [6.45, 7) is 2.95. The Labute approximate surface area is 228 Å². The average molecular weight is 548 g/mol. The number of aromatic nitrogens is 3. The highest BCUT2D eigenvalue weighted by Gasteiger charge is 2.28. The van der Waals surface area contributed by atoms with Crippen molar-refractivity contribution in [1.82, 2.24) is 24.2 Å². The second kappa shape index (κ2) is 10.5. The maximum atomic E-state index is 13.5. The predicted molar refractivity (Wildman–Crippen MR) is 153 cm³/mol. The quantitative estimate of drug-likeness (QED) is 0.307. The van der Waals surface area contributed by atoms with Gasteiger partial charge in [0.25, 0.3) is 0 Å². The Morgan fingerprint density at radius 3 is 2.59 bits per heavy atom. The molecule has 2 aromatic heterocycles. The van der Waals surface area contributed by atoms with Gasteiger partial charge < -0.3 is 25.3 Å². The molecule has 0 aliphatic carbocycles. The van der Waals surface area contributed by atoms with Gasteiger partial charge in [0.1, 0.15) is 22.1 Å². The van der Waals surface area contributed by atoms with Gasteiger partial charge in [-0.05, 0) is 67.8 Å². The van der Waals surface area contributed by atoms with Crippen LogP contribution in [-0.4, -0.2) is 66.4 Å². The van der Waals surface area contributed by atoms with Crippen molar-refractivity contribution < 1.29 is 13.2 Å². The van der Waals surface area contributed by atoms with Crippen LogP contribution in [0.5, 0.6) is 5.75 Å². The van der Waals surface area contributed by atoms with Gasteiger partial charge in [0, 0.05) is 32.4 Å². The van der Waals surface area contributed by atoms with Crippen molar-refractivity contribution in [2.75, 3.05) is 44.4 Å². The summed E-state index contributed by atoms with van der Waals surface area (Å²) >= 11 is 0. The predicted octanol–water partition coefficient (Wildman–Crippen LogP) is 4.62. The Morgan fingerprint density at radius 2 is 1.77 bits per heavy atom. The van der Waals surface area contributed by atoms with Crippen molar-refractivity contribution in [3.8, 4) is 5.75 Å². The third kappa shape index (κ3) is 5.05. The largest absolute Gasteiger partial charge is 0.495 e. The zero-order chi connectivity index (χ0) is 27.0. The standard InChI is InChI=1S/C28H33N7O3S/c1-34-15-11-19-17-24(38-2)23(16-20(19)18-34)31-28-32-26-21(10-12-29-26)27(33-28)30-22-8-4-5-9-25(22)39(36,37)35-13-6-3-7-14-35/h4-5,8-10,12,16-17H,3,6-7,11,13-15,18H2,1-2H3,(H3,29,30,31,32,33). The first-order valence-electron chi connectivity index (χ1n) is 13.3. The van der Waals surface area contributed by atoms with E-state index < -0.39 is 10.0 Å². The molecular formula is C28H33N7O3S. The number of nitrogens with one attached hydrogen (secondary N) is 3. The number of benzene rings is 2. The van der Waals surface area contributed by atoms with Gasteiger partial charge in [0.05, 0.1) is 23.9 Å². The molecule has 0 amide bonds. The first-order chi connectivity index (χ1) is 18.9. The first kappa shape index (κ1) is 25.6. The zero-order valence-electron chi connectivity index (χ0n) is 22.2. The minimum atomic E-state index is -3.65. The van der Waals surface area contributed by atoms with Crippen molar-refractivity contribution in [2.24, 2.45) is 0 Å². The number of hydrogen-bond donors (Lipinski definition) is 3. The molecule has 10 nitrogen and oxygen atoms in total. The molecule has 39 heavy (non-hydrogen) atoms. The number of piperidine rings is 1. The number of likely N-dealkylation sites (N-methyl/N-ethyl adjacent to an activating group) is 1. The molecule has 4 heterocycles. The molecule has 2 aliphatic heterocycles. The fraction of sp³-hybridized carbons (Fsp3) is 0.357. The van der Waals surface area contributed by atoms with E-state index in [9.17, 15) is 8.42 Å². The van der Waals surface area contributed by atoms with Crippen LogP contribution in [0, 0.1) is 0 Å². The second-order valence-electron chi connectivity index (χ2n) is 10.2. The Kier molecular flexibility index (Phi) is 6.88. The highest BCUT2D eigenvalue weighted by molar-refractivity contribution is 7.89.